The fourth-order valence-electron chi connectivity index (χ4n) is 6.71. The molecule has 0 aliphatic heterocycles. The monoisotopic (exact) mass is 311 g/mol. The standard InChI is InChI=1S/C21H29NO/c1-3-20-11-9-17-16-8-6-15(22)13-14(16)5-7-18(17)19(20)10-12-21(20,23)4-2/h2,13,17-19,23H,3,5-12,22H2,1H3/t17-,18-,19+,20+,21+/m1/s1. The number of nitrogens with two attached hydrogens (primary N) is 1. The lowest BCUT2D eigenvalue weighted by atomic mass is 9.51. The summed E-state index contributed by atoms with van der Waals surface area (Å²) in [4.78, 5) is 0. The highest BCUT2D eigenvalue weighted by molar-refractivity contribution is 5.38. The van der Waals surface area contributed by atoms with Gasteiger partial charge in [-0.05, 0) is 87.2 Å². The predicted molar refractivity (Wildman–Crippen MR) is 93.2 cm³/mol. The molecule has 2 fully saturated rings. The summed E-state index contributed by atoms with van der Waals surface area (Å²) in [5.74, 6) is 4.84. The van der Waals surface area contributed by atoms with Crippen molar-refractivity contribution in [3.63, 3.8) is 0 Å². The van der Waals surface area contributed by atoms with E-state index in [9.17, 15) is 5.11 Å². The first-order valence-electron chi connectivity index (χ1n) is 9.43. The van der Waals surface area contributed by atoms with Crippen molar-refractivity contribution in [1.82, 2.24) is 0 Å². The Kier molecular flexibility index (Phi) is 3.43. The molecule has 4 aliphatic carbocycles. The second-order valence-corrected chi connectivity index (χ2v) is 8.28. The quantitative estimate of drug-likeness (QED) is 0.721. The molecule has 0 heterocycles. The number of allylic oxidation sites excluding steroid dienone is 4. The van der Waals surface area contributed by atoms with E-state index in [2.05, 4.69) is 18.9 Å². The molecule has 3 N–H and O–H groups in total. The molecule has 0 saturated heterocycles. The maximum absolute atomic E-state index is 11.1. The minimum atomic E-state index is -0.872. The molecule has 23 heavy (non-hydrogen) atoms. The van der Waals surface area contributed by atoms with Gasteiger partial charge >= 0.3 is 0 Å². The highest BCUT2D eigenvalue weighted by atomic mass is 16.3. The third kappa shape index (κ3) is 1.92. The van der Waals surface area contributed by atoms with Gasteiger partial charge in [-0.2, -0.15) is 0 Å². The van der Waals surface area contributed by atoms with Crippen LogP contribution in [0.5, 0.6) is 0 Å². The summed E-state index contributed by atoms with van der Waals surface area (Å²) >= 11 is 0. The van der Waals surface area contributed by atoms with Gasteiger partial charge < -0.3 is 10.8 Å². The van der Waals surface area contributed by atoms with Crippen LogP contribution >= 0.6 is 0 Å². The third-order valence-electron chi connectivity index (χ3n) is 7.81. The van der Waals surface area contributed by atoms with Gasteiger partial charge in [-0.1, -0.05) is 18.4 Å². The van der Waals surface area contributed by atoms with Gasteiger partial charge in [0, 0.05) is 11.1 Å². The lowest BCUT2D eigenvalue weighted by Gasteiger charge is -2.54. The summed E-state index contributed by atoms with van der Waals surface area (Å²) in [6.45, 7) is 2.23. The van der Waals surface area contributed by atoms with Crippen molar-refractivity contribution in [3.05, 3.63) is 22.9 Å². The number of terminal acetylenes is 1. The SMILES string of the molecule is C#C[C@]1(O)CC[C@H]2[C@@H]3CCC4=C(CCC(N)=C4)[C@H]3CC[C@@]21CC. The predicted octanol–water partition coefficient (Wildman–Crippen LogP) is 3.91. The fourth-order valence-corrected chi connectivity index (χ4v) is 6.71. The highest BCUT2D eigenvalue weighted by Gasteiger charge is 2.62. The molecule has 0 unspecified atom stereocenters. The van der Waals surface area contributed by atoms with Gasteiger partial charge in [-0.15, -0.1) is 6.42 Å². The van der Waals surface area contributed by atoms with Gasteiger partial charge in [-0.25, -0.2) is 0 Å². The summed E-state index contributed by atoms with van der Waals surface area (Å²) in [6, 6.07) is 0. The highest BCUT2D eigenvalue weighted by Crippen LogP contribution is 2.65. The van der Waals surface area contributed by atoms with Crippen molar-refractivity contribution in [3.8, 4) is 12.3 Å². The van der Waals surface area contributed by atoms with Crippen LogP contribution in [0.4, 0.5) is 0 Å². The van der Waals surface area contributed by atoms with Crippen LogP contribution < -0.4 is 5.73 Å². The Hall–Kier alpha value is -1.20. The number of hydrogen-bond donors (Lipinski definition) is 2. The minimum absolute atomic E-state index is 0.0372. The van der Waals surface area contributed by atoms with Gasteiger partial charge in [0.1, 0.15) is 5.60 Å². The zero-order chi connectivity index (χ0) is 16.2. The summed E-state index contributed by atoms with van der Waals surface area (Å²) in [7, 11) is 0. The number of rotatable bonds is 1. The zero-order valence-corrected chi connectivity index (χ0v) is 14.3. The molecule has 4 aliphatic rings. The van der Waals surface area contributed by atoms with E-state index in [4.69, 9.17) is 12.2 Å². The van der Waals surface area contributed by atoms with Crippen LogP contribution in [-0.4, -0.2) is 10.7 Å². The van der Waals surface area contributed by atoms with Crippen molar-refractivity contribution < 1.29 is 5.11 Å². The Labute approximate surface area is 140 Å². The molecule has 0 aromatic rings. The Morgan fingerprint density at radius 1 is 1.26 bits per heavy atom. The maximum Gasteiger partial charge on any atom is 0.131 e. The summed E-state index contributed by atoms with van der Waals surface area (Å²) in [6.07, 6.45) is 17.9. The van der Waals surface area contributed by atoms with E-state index in [0.717, 1.165) is 50.1 Å². The summed E-state index contributed by atoms with van der Waals surface area (Å²) < 4.78 is 0. The smallest absolute Gasteiger partial charge is 0.131 e. The molecule has 0 aromatic heterocycles. The number of hydrogen-bond acceptors (Lipinski definition) is 2. The topological polar surface area (TPSA) is 46.2 Å². The van der Waals surface area contributed by atoms with Crippen LogP contribution in [0.1, 0.15) is 64.7 Å². The van der Waals surface area contributed by atoms with Crippen molar-refractivity contribution in [2.24, 2.45) is 28.9 Å². The van der Waals surface area contributed by atoms with E-state index in [1.54, 1.807) is 5.57 Å². The first-order valence-corrected chi connectivity index (χ1v) is 9.43. The largest absolute Gasteiger partial charge is 0.402 e. The average Bonchev–Trinajstić information content (AvgIpc) is 2.88. The molecule has 0 spiro atoms. The van der Waals surface area contributed by atoms with Crippen molar-refractivity contribution in [2.45, 2.75) is 70.3 Å². The molecule has 2 nitrogen and oxygen atoms in total. The average molecular weight is 311 g/mol. The Bertz CT molecular complexity index is 624. The Morgan fingerprint density at radius 2 is 2.09 bits per heavy atom. The molecule has 2 saturated carbocycles. The minimum Gasteiger partial charge on any atom is -0.402 e. The first-order chi connectivity index (χ1) is 11.0. The van der Waals surface area contributed by atoms with Crippen LogP contribution in [0.2, 0.25) is 0 Å². The number of aliphatic hydroxyl groups is 1. The first kappa shape index (κ1) is 15.3. The molecule has 0 amide bonds. The van der Waals surface area contributed by atoms with Crippen molar-refractivity contribution >= 4 is 0 Å². The molecule has 2 heteroatoms. The van der Waals surface area contributed by atoms with Gasteiger partial charge in [0.2, 0.25) is 0 Å². The molecule has 0 aromatic carbocycles. The van der Waals surface area contributed by atoms with Gasteiger partial charge in [0.15, 0.2) is 0 Å². The van der Waals surface area contributed by atoms with Gasteiger partial charge in [0.25, 0.3) is 0 Å². The zero-order valence-electron chi connectivity index (χ0n) is 14.3. The van der Waals surface area contributed by atoms with Gasteiger partial charge in [-0.3, -0.25) is 0 Å². The number of fused-ring (bicyclic) bond motifs is 4. The van der Waals surface area contributed by atoms with Crippen LogP contribution in [0.25, 0.3) is 0 Å². The van der Waals surface area contributed by atoms with Crippen LogP contribution in [0.3, 0.4) is 0 Å². The van der Waals surface area contributed by atoms with E-state index in [0.29, 0.717) is 11.8 Å². The van der Waals surface area contributed by atoms with Crippen molar-refractivity contribution in [2.75, 3.05) is 0 Å². The molecule has 0 radical (unpaired) electrons. The van der Waals surface area contributed by atoms with E-state index in [-0.39, 0.29) is 5.41 Å². The lowest BCUT2D eigenvalue weighted by molar-refractivity contribution is -0.0854. The van der Waals surface area contributed by atoms with E-state index >= 15 is 0 Å². The van der Waals surface area contributed by atoms with Crippen LogP contribution in [0, 0.1) is 35.5 Å². The van der Waals surface area contributed by atoms with E-state index < -0.39 is 5.60 Å². The van der Waals surface area contributed by atoms with Crippen LogP contribution in [-0.2, 0) is 0 Å². The second-order valence-electron chi connectivity index (χ2n) is 8.28. The van der Waals surface area contributed by atoms with E-state index in [1.165, 1.54) is 24.8 Å². The Balaban J connectivity index is 1.71. The molecule has 0 bridgehead atoms. The molecular formula is C21H29NO. The van der Waals surface area contributed by atoms with Crippen molar-refractivity contribution in [1.29, 1.82) is 0 Å². The third-order valence-corrected chi connectivity index (χ3v) is 7.81. The van der Waals surface area contributed by atoms with Gasteiger partial charge in [0.05, 0.1) is 0 Å². The normalized spacial score (nSPS) is 45.6. The fraction of sp³-hybridized carbons (Fsp3) is 0.714. The van der Waals surface area contributed by atoms with Crippen LogP contribution in [0.15, 0.2) is 22.9 Å². The molecular weight excluding hydrogens is 282 g/mol. The summed E-state index contributed by atoms with van der Waals surface area (Å²) in [5.41, 5.74) is 9.44. The Morgan fingerprint density at radius 3 is 2.83 bits per heavy atom. The molecule has 124 valence electrons. The second kappa shape index (κ2) is 5.15. The maximum atomic E-state index is 11.1. The summed E-state index contributed by atoms with van der Waals surface area (Å²) in [5, 5.41) is 11.1. The molecule has 4 rings (SSSR count). The molecule has 5 atom stereocenters. The lowest BCUT2D eigenvalue weighted by Crippen LogP contribution is -2.52. The van der Waals surface area contributed by atoms with E-state index in [1.807, 2.05) is 0 Å².